The van der Waals surface area contributed by atoms with E-state index in [2.05, 4.69) is 37.6 Å². The number of carbonyl (C=O) groups excluding carboxylic acids is 3. The van der Waals surface area contributed by atoms with Gasteiger partial charge < -0.3 is 39.6 Å². The van der Waals surface area contributed by atoms with Crippen LogP contribution in [0.2, 0.25) is 0 Å². The van der Waals surface area contributed by atoms with Crippen molar-refractivity contribution in [2.75, 3.05) is 13.2 Å². The van der Waals surface area contributed by atoms with E-state index >= 15 is 0 Å². The molecule has 64 heavy (non-hydrogen) atoms. The molecule has 13 atom stereocenters. The molecule has 1 spiro atoms. The van der Waals surface area contributed by atoms with Gasteiger partial charge in [0.2, 0.25) is 5.91 Å². The van der Waals surface area contributed by atoms with Crippen LogP contribution in [0.25, 0.3) is 0 Å². The number of hydrogen-bond donors (Lipinski definition) is 6. The number of aliphatic hydroxyl groups is 1. The van der Waals surface area contributed by atoms with Crippen LogP contribution in [0.4, 0.5) is 0 Å². The van der Waals surface area contributed by atoms with Gasteiger partial charge in [0.25, 0.3) is 0 Å². The Morgan fingerprint density at radius 3 is 2.33 bits per heavy atom. The highest BCUT2D eigenvalue weighted by Gasteiger charge is 2.67. The molecule has 5 fully saturated rings. The predicted molar refractivity (Wildman–Crippen MR) is 222 cm³/mol. The van der Waals surface area contributed by atoms with Crippen LogP contribution in [0.15, 0.2) is 36.4 Å². The average molecular weight is 946 g/mol. The molecule has 1 aromatic rings. The number of aliphatic carboxylic acids is 1. The molecule has 358 valence electrons. The summed E-state index contributed by atoms with van der Waals surface area (Å²) in [6.07, 6.45) is -4.68. The monoisotopic (exact) mass is 945 g/mol. The van der Waals surface area contributed by atoms with Gasteiger partial charge in [-0.2, -0.15) is 0 Å². The molecule has 0 aromatic heterocycles. The number of phenols is 1. The SMILES string of the molecule is C=C1C2CCC3C4(C)CC(O[C@H]5O[C@H](COC(=O)CCC(=O)NCCc6ccc(O)cc6)[C@@H](OSOOO)[C@@H](OSOOO)C5OC(=O)CC(C)C)CC(C(=O)O)C4CCC3(C2)[C@H]1O. The summed E-state index contributed by atoms with van der Waals surface area (Å²) in [4.78, 5) is 52.2. The number of amides is 1. The van der Waals surface area contributed by atoms with Crippen LogP contribution in [-0.4, -0.2) is 106 Å². The second-order valence-electron chi connectivity index (χ2n) is 18.1. The smallest absolute Gasteiger partial charge is 0.306 e. The second kappa shape index (κ2) is 22.6. The molecule has 4 aliphatic carbocycles. The molecule has 1 amide bonds. The first kappa shape index (κ1) is 50.3. The molecule has 8 unspecified atom stereocenters. The number of carbonyl (C=O) groups is 4. The number of aliphatic hydroxyl groups excluding tert-OH is 1. The van der Waals surface area contributed by atoms with E-state index in [1.165, 1.54) is 12.1 Å². The van der Waals surface area contributed by atoms with E-state index in [0.29, 0.717) is 25.7 Å². The standard InChI is InChI=1S/C42H59NO19S2/c1-22(2)17-34(47)56-37-36(58-64-62-60-52)35(57-63-61-59-51)30(21-53-33(46)12-11-32(45)43-16-14-24-5-8-26(44)9-6-24)55-40(37)54-27-18-28(39(49)50)29-13-15-42-19-25(23(3)38(42)48)7-10-31(42)41(29,4)20-27/h5-6,8-9,22,25,27-31,35-38,40,44,48,51-52H,3,7,10-21H2,1-2,4H3,(H,43,45)(H,49,50)/t25?,27?,28?,29?,30-,31?,35-,36-,37?,38+,40+,41?,42?/m1/s1. The minimum Gasteiger partial charge on any atom is -0.508 e. The highest BCUT2D eigenvalue weighted by molar-refractivity contribution is 7.90. The Labute approximate surface area is 379 Å². The maximum Gasteiger partial charge on any atom is 0.306 e. The molecule has 20 nitrogen and oxygen atoms in total. The minimum atomic E-state index is -1.52. The Balaban J connectivity index is 1.23. The Morgan fingerprint density at radius 1 is 0.953 bits per heavy atom. The normalized spacial score (nSPS) is 34.4. The van der Waals surface area contributed by atoms with Crippen LogP contribution in [0.5, 0.6) is 5.75 Å². The number of rotatable bonds is 22. The van der Waals surface area contributed by atoms with Crippen molar-refractivity contribution in [2.24, 2.45) is 40.4 Å². The zero-order chi connectivity index (χ0) is 46.2. The van der Waals surface area contributed by atoms with Crippen LogP contribution >= 0.6 is 24.6 Å². The number of ether oxygens (including phenoxy) is 4. The number of nitrogens with one attached hydrogen (secondary N) is 1. The van der Waals surface area contributed by atoms with E-state index in [1.807, 2.05) is 0 Å². The van der Waals surface area contributed by atoms with Crippen LogP contribution in [-0.2, 0) is 71.7 Å². The fourth-order valence-corrected chi connectivity index (χ4v) is 12.0. The van der Waals surface area contributed by atoms with Crippen LogP contribution in [0.1, 0.15) is 90.5 Å². The molecule has 4 saturated carbocycles. The van der Waals surface area contributed by atoms with Crippen LogP contribution in [0.3, 0.4) is 0 Å². The number of fused-ring (bicyclic) bond motifs is 3. The molecule has 1 aromatic carbocycles. The van der Waals surface area contributed by atoms with Gasteiger partial charge in [0, 0.05) is 24.8 Å². The van der Waals surface area contributed by atoms with Gasteiger partial charge in [0.1, 0.15) is 30.7 Å². The summed E-state index contributed by atoms with van der Waals surface area (Å²) in [5.41, 5.74) is 0.684. The van der Waals surface area contributed by atoms with Crippen molar-refractivity contribution < 1.29 is 91.1 Å². The van der Waals surface area contributed by atoms with Crippen molar-refractivity contribution in [3.05, 3.63) is 42.0 Å². The van der Waals surface area contributed by atoms with Gasteiger partial charge in [-0.3, -0.25) is 27.5 Å². The van der Waals surface area contributed by atoms with Crippen molar-refractivity contribution in [3.8, 4) is 5.75 Å². The Hall–Kier alpha value is -3.10. The molecule has 1 heterocycles. The third-order valence-corrected chi connectivity index (χ3v) is 14.7. The van der Waals surface area contributed by atoms with Gasteiger partial charge in [-0.05, 0) is 104 Å². The second-order valence-corrected chi connectivity index (χ2v) is 19.1. The number of aromatic hydroxyl groups is 1. The highest BCUT2D eigenvalue weighted by atomic mass is 32.2. The highest BCUT2D eigenvalue weighted by Crippen LogP contribution is 2.70. The molecular weight excluding hydrogens is 887 g/mol. The third-order valence-electron chi connectivity index (χ3n) is 13.9. The topological polar surface area (TPSA) is 274 Å². The summed E-state index contributed by atoms with van der Waals surface area (Å²) in [5, 5.41) is 59.8. The van der Waals surface area contributed by atoms with E-state index in [9.17, 15) is 34.5 Å². The lowest BCUT2D eigenvalue weighted by atomic mass is 9.43. The lowest BCUT2D eigenvalue weighted by molar-refractivity contribution is -0.436. The molecule has 1 saturated heterocycles. The van der Waals surface area contributed by atoms with Crippen molar-refractivity contribution >= 4 is 48.5 Å². The zero-order valence-corrected chi connectivity index (χ0v) is 37.5. The van der Waals surface area contributed by atoms with E-state index < -0.39 is 90.1 Å². The molecule has 1 aliphatic heterocycles. The number of esters is 2. The fraction of sp³-hybridized carbons (Fsp3) is 0.714. The molecule has 22 heteroatoms. The third kappa shape index (κ3) is 11.7. The van der Waals surface area contributed by atoms with Crippen molar-refractivity contribution in [2.45, 2.75) is 134 Å². The number of carboxylic acid groups (broad SMARTS) is 1. The summed E-state index contributed by atoms with van der Waals surface area (Å²) in [5.74, 6) is -3.78. The van der Waals surface area contributed by atoms with Gasteiger partial charge >= 0.3 is 17.9 Å². The number of carboxylic acids is 1. The average Bonchev–Trinajstić information content (AvgIpc) is 3.42. The molecule has 6 N–H and O–H groups in total. The van der Waals surface area contributed by atoms with Crippen LogP contribution in [0, 0.1) is 40.4 Å². The van der Waals surface area contributed by atoms with Crippen molar-refractivity contribution in [1.82, 2.24) is 5.32 Å². The summed E-state index contributed by atoms with van der Waals surface area (Å²) < 4.78 is 45.2. The summed E-state index contributed by atoms with van der Waals surface area (Å²) in [7, 11) is 0. The summed E-state index contributed by atoms with van der Waals surface area (Å²) in [6.45, 7) is 9.66. The Bertz CT molecular complexity index is 1770. The lowest BCUT2D eigenvalue weighted by Crippen LogP contribution is -2.63. The summed E-state index contributed by atoms with van der Waals surface area (Å²) >= 11 is 0.238. The quantitative estimate of drug-likeness (QED) is 0.0161. The van der Waals surface area contributed by atoms with E-state index in [4.69, 9.17) is 37.8 Å². The molecule has 5 aliphatic rings. The number of phenolic OH excluding ortho intramolecular Hbond substituents is 1. The van der Waals surface area contributed by atoms with Gasteiger partial charge in [-0.25, -0.2) is 10.5 Å². The van der Waals surface area contributed by atoms with E-state index in [-0.39, 0.29) is 86.3 Å². The molecular formula is C42H59NO19S2. The molecule has 2 bridgehead atoms. The van der Waals surface area contributed by atoms with E-state index in [1.54, 1.807) is 26.0 Å². The minimum absolute atomic E-state index is 0.0374. The first-order chi connectivity index (χ1) is 30.6. The van der Waals surface area contributed by atoms with Gasteiger partial charge in [0.15, 0.2) is 37.0 Å². The lowest BCUT2D eigenvalue weighted by Gasteiger charge is -2.62. The van der Waals surface area contributed by atoms with Gasteiger partial charge in [0.05, 0.1) is 24.5 Å². The predicted octanol–water partition coefficient (Wildman–Crippen LogP) is 5.43. The first-order valence-electron chi connectivity index (χ1n) is 21.5. The Morgan fingerprint density at radius 2 is 1.66 bits per heavy atom. The van der Waals surface area contributed by atoms with E-state index in [0.717, 1.165) is 30.4 Å². The van der Waals surface area contributed by atoms with Crippen molar-refractivity contribution in [3.63, 3.8) is 0 Å². The maximum atomic E-state index is 13.4. The number of benzene rings is 1. The van der Waals surface area contributed by atoms with Gasteiger partial charge in [-0.1, -0.05) is 49.6 Å². The largest absolute Gasteiger partial charge is 0.508 e. The Kier molecular flexibility index (Phi) is 17.8. The number of hydrogen-bond acceptors (Lipinski definition) is 20. The van der Waals surface area contributed by atoms with Crippen molar-refractivity contribution in [1.29, 1.82) is 0 Å². The molecule has 6 rings (SSSR count). The van der Waals surface area contributed by atoms with Gasteiger partial charge in [-0.15, -0.1) is 8.67 Å². The zero-order valence-electron chi connectivity index (χ0n) is 35.9. The first-order valence-corrected chi connectivity index (χ1v) is 22.8. The maximum absolute atomic E-state index is 13.4. The van der Waals surface area contributed by atoms with Crippen LogP contribution < -0.4 is 5.32 Å². The molecule has 0 radical (unpaired) electrons. The fourth-order valence-electron chi connectivity index (χ4n) is 11.2. The summed E-state index contributed by atoms with van der Waals surface area (Å²) in [6, 6.07) is 6.54.